The molecule has 2 N–H and O–H groups in total. The van der Waals surface area contributed by atoms with Crippen molar-refractivity contribution in [1.29, 1.82) is 0 Å². The molecule has 0 bridgehead atoms. The lowest BCUT2D eigenvalue weighted by Gasteiger charge is -2.21. The number of aliphatic hydroxyl groups is 1. The molecule has 0 saturated carbocycles. The summed E-state index contributed by atoms with van der Waals surface area (Å²) in [5, 5.41) is 26.6. The van der Waals surface area contributed by atoms with Crippen molar-refractivity contribution in [2.75, 3.05) is 6.54 Å². The summed E-state index contributed by atoms with van der Waals surface area (Å²) in [5.41, 5.74) is 0.913. The summed E-state index contributed by atoms with van der Waals surface area (Å²) in [6, 6.07) is 14.3. The van der Waals surface area contributed by atoms with E-state index in [2.05, 4.69) is 35.9 Å². The number of carboxylic acids is 1. The number of allylic oxidation sites excluding steroid dienone is 1. The van der Waals surface area contributed by atoms with Crippen LogP contribution in [0.3, 0.4) is 0 Å². The molecule has 1 aliphatic rings. The quantitative estimate of drug-likeness (QED) is 0.910. The molecule has 23 heavy (non-hydrogen) atoms. The second-order valence-corrected chi connectivity index (χ2v) is 5.34. The SMILES string of the molecule is C=C1C(O)=CN(CCc2ccc3ccccc3c2)N=C1C(=O)O. The first-order valence-electron chi connectivity index (χ1n) is 7.21. The van der Waals surface area contributed by atoms with Crippen LogP contribution in [0.15, 0.2) is 71.7 Å². The summed E-state index contributed by atoms with van der Waals surface area (Å²) in [7, 11) is 0. The molecule has 1 heterocycles. The predicted molar refractivity (Wildman–Crippen MR) is 89.3 cm³/mol. The van der Waals surface area contributed by atoms with E-state index in [4.69, 9.17) is 5.11 Å². The van der Waals surface area contributed by atoms with Gasteiger partial charge in [0.1, 0.15) is 5.76 Å². The van der Waals surface area contributed by atoms with Crippen LogP contribution in [0.1, 0.15) is 5.56 Å². The lowest BCUT2D eigenvalue weighted by atomic mass is 10.1. The highest BCUT2D eigenvalue weighted by Gasteiger charge is 2.23. The van der Waals surface area contributed by atoms with E-state index in [1.165, 1.54) is 16.6 Å². The highest BCUT2D eigenvalue weighted by molar-refractivity contribution is 6.43. The molecule has 0 atom stereocenters. The van der Waals surface area contributed by atoms with E-state index in [1.54, 1.807) is 0 Å². The highest BCUT2D eigenvalue weighted by Crippen LogP contribution is 2.18. The van der Waals surface area contributed by atoms with Crippen molar-refractivity contribution >= 4 is 22.5 Å². The molecule has 3 rings (SSSR count). The molecule has 0 aliphatic carbocycles. The third-order valence-corrected chi connectivity index (χ3v) is 3.74. The van der Waals surface area contributed by atoms with Crippen LogP contribution in [0.4, 0.5) is 0 Å². The van der Waals surface area contributed by atoms with E-state index in [9.17, 15) is 9.90 Å². The number of carboxylic acid groups (broad SMARTS) is 1. The van der Waals surface area contributed by atoms with Crippen LogP contribution in [-0.2, 0) is 11.2 Å². The standard InChI is InChI=1S/C18H16N2O3/c1-12-16(21)11-20(19-17(12)18(22)23)9-8-13-6-7-14-4-2-3-5-15(14)10-13/h2-7,10-11,21H,1,8-9H2,(H,22,23). The van der Waals surface area contributed by atoms with Crippen LogP contribution in [0.2, 0.25) is 0 Å². The van der Waals surface area contributed by atoms with Crippen LogP contribution in [0, 0.1) is 0 Å². The van der Waals surface area contributed by atoms with Gasteiger partial charge in [-0.25, -0.2) is 4.79 Å². The highest BCUT2D eigenvalue weighted by atomic mass is 16.4. The van der Waals surface area contributed by atoms with Crippen molar-refractivity contribution in [3.05, 3.63) is 72.1 Å². The first kappa shape index (κ1) is 14.8. The van der Waals surface area contributed by atoms with Crippen LogP contribution in [-0.4, -0.2) is 33.4 Å². The number of aliphatic carboxylic acids is 1. The number of fused-ring (bicyclic) bond motifs is 1. The monoisotopic (exact) mass is 308 g/mol. The minimum Gasteiger partial charge on any atom is -0.506 e. The number of benzene rings is 2. The number of rotatable bonds is 4. The number of hydrogen-bond acceptors (Lipinski definition) is 4. The smallest absolute Gasteiger partial charge is 0.357 e. The largest absolute Gasteiger partial charge is 0.506 e. The maximum absolute atomic E-state index is 11.1. The third kappa shape index (κ3) is 3.08. The van der Waals surface area contributed by atoms with Gasteiger partial charge >= 0.3 is 5.97 Å². The van der Waals surface area contributed by atoms with Gasteiger partial charge < -0.3 is 10.2 Å². The maximum atomic E-state index is 11.1. The zero-order valence-electron chi connectivity index (χ0n) is 12.4. The Labute approximate surface area is 133 Å². The molecule has 0 unspecified atom stereocenters. The van der Waals surface area contributed by atoms with Crippen molar-refractivity contribution in [3.8, 4) is 0 Å². The fourth-order valence-corrected chi connectivity index (χ4v) is 2.48. The first-order chi connectivity index (χ1) is 11.0. The van der Waals surface area contributed by atoms with Gasteiger partial charge in [0.2, 0.25) is 0 Å². The molecule has 0 amide bonds. The molecule has 116 valence electrons. The van der Waals surface area contributed by atoms with Crippen LogP contribution in [0.25, 0.3) is 10.8 Å². The molecule has 0 radical (unpaired) electrons. The van der Waals surface area contributed by atoms with Gasteiger partial charge in [-0.2, -0.15) is 5.10 Å². The summed E-state index contributed by atoms with van der Waals surface area (Å²) >= 11 is 0. The summed E-state index contributed by atoms with van der Waals surface area (Å²) in [6.45, 7) is 3.99. The van der Waals surface area contributed by atoms with Crippen LogP contribution >= 0.6 is 0 Å². The van der Waals surface area contributed by atoms with Gasteiger partial charge in [-0.15, -0.1) is 0 Å². The molecule has 2 aromatic rings. The fraction of sp³-hybridized carbons (Fsp3) is 0.111. The number of nitrogens with zero attached hydrogens (tertiary/aromatic N) is 2. The topological polar surface area (TPSA) is 73.1 Å². The zero-order valence-corrected chi connectivity index (χ0v) is 12.4. The lowest BCUT2D eigenvalue weighted by molar-refractivity contribution is -0.129. The van der Waals surface area contributed by atoms with E-state index in [-0.39, 0.29) is 17.0 Å². The second-order valence-electron chi connectivity index (χ2n) is 5.34. The van der Waals surface area contributed by atoms with E-state index >= 15 is 0 Å². The average Bonchev–Trinajstić information content (AvgIpc) is 2.55. The van der Waals surface area contributed by atoms with Crippen molar-refractivity contribution in [2.45, 2.75) is 6.42 Å². The normalized spacial score (nSPS) is 14.6. The Hall–Kier alpha value is -3.08. The zero-order chi connectivity index (χ0) is 16.4. The number of carbonyl (C=O) groups is 1. The summed E-state index contributed by atoms with van der Waals surface area (Å²) < 4.78 is 0. The molecule has 0 spiro atoms. The molecule has 0 saturated heterocycles. The van der Waals surface area contributed by atoms with E-state index in [0.29, 0.717) is 13.0 Å². The number of hydrazone groups is 1. The number of hydrogen-bond donors (Lipinski definition) is 2. The van der Waals surface area contributed by atoms with E-state index in [0.717, 1.165) is 10.9 Å². The third-order valence-electron chi connectivity index (χ3n) is 3.74. The minimum absolute atomic E-state index is 0.0273. The first-order valence-corrected chi connectivity index (χ1v) is 7.21. The van der Waals surface area contributed by atoms with E-state index < -0.39 is 5.97 Å². The van der Waals surface area contributed by atoms with Crippen molar-refractivity contribution in [2.24, 2.45) is 5.10 Å². The Morgan fingerprint density at radius 1 is 1.17 bits per heavy atom. The van der Waals surface area contributed by atoms with Gasteiger partial charge in [0.05, 0.1) is 6.20 Å². The van der Waals surface area contributed by atoms with Gasteiger partial charge in [-0.3, -0.25) is 5.01 Å². The summed E-state index contributed by atoms with van der Waals surface area (Å²) in [5.74, 6) is -1.37. The van der Waals surface area contributed by atoms with Crippen molar-refractivity contribution < 1.29 is 15.0 Å². The molecular formula is C18H16N2O3. The fourth-order valence-electron chi connectivity index (χ4n) is 2.48. The van der Waals surface area contributed by atoms with Gasteiger partial charge in [0.25, 0.3) is 0 Å². The van der Waals surface area contributed by atoms with Crippen LogP contribution in [0.5, 0.6) is 0 Å². The molecule has 5 heteroatoms. The molecule has 2 aromatic carbocycles. The van der Waals surface area contributed by atoms with E-state index in [1.807, 2.05) is 18.2 Å². The second kappa shape index (κ2) is 5.96. The minimum atomic E-state index is -1.20. The summed E-state index contributed by atoms with van der Waals surface area (Å²) in [4.78, 5) is 11.1. The maximum Gasteiger partial charge on any atom is 0.357 e. The summed E-state index contributed by atoms with van der Waals surface area (Å²) in [6.07, 6.45) is 2.08. The van der Waals surface area contributed by atoms with Crippen molar-refractivity contribution in [3.63, 3.8) is 0 Å². The molecule has 5 nitrogen and oxygen atoms in total. The molecule has 0 fully saturated rings. The van der Waals surface area contributed by atoms with Crippen LogP contribution < -0.4 is 0 Å². The average molecular weight is 308 g/mol. The van der Waals surface area contributed by atoms with Gasteiger partial charge in [-0.05, 0) is 22.8 Å². The predicted octanol–water partition coefficient (Wildman–Crippen LogP) is 3.09. The van der Waals surface area contributed by atoms with Crippen molar-refractivity contribution in [1.82, 2.24) is 5.01 Å². The lowest BCUT2D eigenvalue weighted by Crippen LogP contribution is -2.27. The Morgan fingerprint density at radius 3 is 2.65 bits per heavy atom. The molecular weight excluding hydrogens is 292 g/mol. The Kier molecular flexibility index (Phi) is 3.85. The van der Waals surface area contributed by atoms with Gasteiger partial charge in [-0.1, -0.05) is 49.0 Å². The number of aliphatic hydroxyl groups excluding tert-OH is 1. The van der Waals surface area contributed by atoms with Gasteiger partial charge in [0.15, 0.2) is 5.71 Å². The molecule has 1 aliphatic heterocycles. The Bertz CT molecular complexity index is 852. The Balaban J connectivity index is 1.76. The Morgan fingerprint density at radius 2 is 1.91 bits per heavy atom. The molecule has 0 aromatic heterocycles. The van der Waals surface area contributed by atoms with Gasteiger partial charge in [0, 0.05) is 12.1 Å².